The first kappa shape index (κ1) is 12.7. The van der Waals surface area contributed by atoms with Crippen molar-refractivity contribution in [3.8, 4) is 0 Å². The van der Waals surface area contributed by atoms with Gasteiger partial charge in [-0.3, -0.25) is 4.90 Å². The van der Waals surface area contributed by atoms with Gasteiger partial charge in [0.1, 0.15) is 0 Å². The maximum atomic E-state index is 6.10. The summed E-state index contributed by atoms with van der Waals surface area (Å²) in [5.74, 6) is 0.606. The molecule has 100 valence electrons. The van der Waals surface area contributed by atoms with Crippen LogP contribution in [0.3, 0.4) is 0 Å². The second-order valence-corrected chi connectivity index (χ2v) is 6.57. The molecule has 2 nitrogen and oxygen atoms in total. The third kappa shape index (κ3) is 2.28. The average Bonchev–Trinajstić information content (AvgIpc) is 2.99. The molecule has 2 aromatic rings. The minimum atomic E-state index is 0.492. The molecule has 3 rings (SSSR count). The van der Waals surface area contributed by atoms with Crippen molar-refractivity contribution in [2.24, 2.45) is 5.92 Å². The maximum absolute atomic E-state index is 6.10. The Balaban J connectivity index is 1.90. The minimum Gasteiger partial charge on any atom is -0.398 e. The summed E-state index contributed by atoms with van der Waals surface area (Å²) in [7, 11) is 0. The Morgan fingerprint density at radius 3 is 2.63 bits per heavy atom. The van der Waals surface area contributed by atoms with E-state index < -0.39 is 0 Å². The Labute approximate surface area is 118 Å². The SMILES string of the molecule is CC(C)C(c1cccs1)N1Cc2cccc(N)c2C1. The Morgan fingerprint density at radius 2 is 2.00 bits per heavy atom. The molecule has 0 radical (unpaired) electrons. The normalized spacial score (nSPS) is 16.8. The van der Waals surface area contributed by atoms with Gasteiger partial charge in [0.15, 0.2) is 0 Å². The molecule has 1 aromatic heterocycles. The monoisotopic (exact) mass is 272 g/mol. The molecule has 0 amide bonds. The predicted molar refractivity (Wildman–Crippen MR) is 82.0 cm³/mol. The lowest BCUT2D eigenvalue weighted by Gasteiger charge is -2.30. The number of hydrogen-bond donors (Lipinski definition) is 1. The Kier molecular flexibility index (Phi) is 3.33. The molecule has 1 aliphatic rings. The van der Waals surface area contributed by atoms with Crippen LogP contribution < -0.4 is 5.73 Å². The number of benzene rings is 1. The Bertz CT molecular complexity index is 560. The molecule has 1 atom stereocenters. The van der Waals surface area contributed by atoms with Crippen molar-refractivity contribution < 1.29 is 0 Å². The van der Waals surface area contributed by atoms with Gasteiger partial charge in [0.05, 0.1) is 0 Å². The van der Waals surface area contributed by atoms with E-state index in [0.29, 0.717) is 12.0 Å². The molecule has 1 aromatic carbocycles. The topological polar surface area (TPSA) is 29.3 Å². The molecule has 1 aliphatic heterocycles. The van der Waals surface area contributed by atoms with E-state index in [0.717, 1.165) is 18.8 Å². The van der Waals surface area contributed by atoms with Crippen LogP contribution in [0.1, 0.15) is 35.9 Å². The zero-order chi connectivity index (χ0) is 13.4. The summed E-state index contributed by atoms with van der Waals surface area (Å²) in [6, 6.07) is 11.2. The first-order valence-corrected chi connectivity index (χ1v) is 7.68. The molecule has 0 saturated carbocycles. The first-order chi connectivity index (χ1) is 9.16. The fourth-order valence-electron chi connectivity index (χ4n) is 3.06. The highest BCUT2D eigenvalue weighted by molar-refractivity contribution is 7.10. The van der Waals surface area contributed by atoms with Gasteiger partial charge in [0.2, 0.25) is 0 Å². The van der Waals surface area contributed by atoms with E-state index in [1.807, 2.05) is 17.4 Å². The molecule has 0 spiro atoms. The van der Waals surface area contributed by atoms with Crippen molar-refractivity contribution in [1.29, 1.82) is 0 Å². The van der Waals surface area contributed by atoms with Gasteiger partial charge in [-0.05, 0) is 34.6 Å². The number of nitrogen functional groups attached to an aromatic ring is 1. The summed E-state index contributed by atoms with van der Waals surface area (Å²) in [6.07, 6.45) is 0. The number of thiophene rings is 1. The van der Waals surface area contributed by atoms with Crippen LogP contribution in [0, 0.1) is 5.92 Å². The van der Waals surface area contributed by atoms with Crippen LogP contribution in [0.25, 0.3) is 0 Å². The van der Waals surface area contributed by atoms with Crippen molar-refractivity contribution in [2.45, 2.75) is 33.0 Å². The van der Waals surface area contributed by atoms with Gasteiger partial charge in [-0.2, -0.15) is 0 Å². The Morgan fingerprint density at radius 1 is 1.16 bits per heavy atom. The van der Waals surface area contributed by atoms with E-state index in [1.54, 1.807) is 0 Å². The summed E-state index contributed by atoms with van der Waals surface area (Å²) < 4.78 is 0. The number of nitrogens with two attached hydrogens (primary N) is 1. The van der Waals surface area contributed by atoms with Crippen LogP contribution in [-0.4, -0.2) is 4.90 Å². The molecular weight excluding hydrogens is 252 g/mol. The van der Waals surface area contributed by atoms with Crippen LogP contribution in [0.2, 0.25) is 0 Å². The van der Waals surface area contributed by atoms with Gasteiger partial charge in [-0.15, -0.1) is 11.3 Å². The maximum Gasteiger partial charge on any atom is 0.0471 e. The highest BCUT2D eigenvalue weighted by Gasteiger charge is 2.30. The summed E-state index contributed by atoms with van der Waals surface area (Å²) in [4.78, 5) is 4.01. The minimum absolute atomic E-state index is 0.492. The second kappa shape index (κ2) is 4.99. The molecule has 0 aliphatic carbocycles. The molecule has 2 N–H and O–H groups in total. The third-order valence-corrected chi connectivity index (χ3v) is 4.85. The largest absolute Gasteiger partial charge is 0.398 e. The van der Waals surface area contributed by atoms with Crippen molar-refractivity contribution in [3.05, 3.63) is 51.7 Å². The van der Waals surface area contributed by atoms with E-state index in [-0.39, 0.29) is 0 Å². The molecule has 1 unspecified atom stereocenters. The Hall–Kier alpha value is -1.32. The molecule has 3 heteroatoms. The van der Waals surface area contributed by atoms with Gasteiger partial charge in [-0.25, -0.2) is 0 Å². The van der Waals surface area contributed by atoms with E-state index in [9.17, 15) is 0 Å². The second-order valence-electron chi connectivity index (χ2n) is 5.59. The van der Waals surface area contributed by atoms with E-state index >= 15 is 0 Å². The highest BCUT2D eigenvalue weighted by atomic mass is 32.1. The van der Waals surface area contributed by atoms with Gasteiger partial charge in [0.25, 0.3) is 0 Å². The lowest BCUT2D eigenvalue weighted by atomic mass is 10.0. The fraction of sp³-hybridized carbons (Fsp3) is 0.375. The van der Waals surface area contributed by atoms with Gasteiger partial charge < -0.3 is 5.73 Å². The fourth-order valence-corrected chi connectivity index (χ4v) is 4.09. The van der Waals surface area contributed by atoms with Gasteiger partial charge in [-0.1, -0.05) is 32.0 Å². The molecule has 19 heavy (non-hydrogen) atoms. The predicted octanol–water partition coefficient (Wildman–Crippen LogP) is 4.04. The van der Waals surface area contributed by atoms with Crippen LogP contribution >= 0.6 is 11.3 Å². The third-order valence-electron chi connectivity index (χ3n) is 3.90. The summed E-state index contributed by atoms with van der Waals surface area (Å²) in [6.45, 7) is 6.59. The van der Waals surface area contributed by atoms with Crippen LogP contribution in [-0.2, 0) is 13.1 Å². The molecule has 0 saturated heterocycles. The van der Waals surface area contributed by atoms with Crippen molar-refractivity contribution in [3.63, 3.8) is 0 Å². The summed E-state index contributed by atoms with van der Waals surface area (Å²) in [5, 5.41) is 2.17. The van der Waals surface area contributed by atoms with Crippen LogP contribution in [0.4, 0.5) is 5.69 Å². The summed E-state index contributed by atoms with van der Waals surface area (Å²) in [5.41, 5.74) is 9.76. The lowest BCUT2D eigenvalue weighted by molar-refractivity contribution is 0.159. The number of nitrogens with zero attached hydrogens (tertiary/aromatic N) is 1. The van der Waals surface area contributed by atoms with E-state index in [2.05, 4.69) is 48.4 Å². The zero-order valence-corrected chi connectivity index (χ0v) is 12.3. The molecule has 0 fully saturated rings. The average molecular weight is 272 g/mol. The lowest BCUT2D eigenvalue weighted by Crippen LogP contribution is -2.26. The van der Waals surface area contributed by atoms with E-state index in [4.69, 9.17) is 5.73 Å². The number of fused-ring (bicyclic) bond motifs is 1. The standard InChI is InChI=1S/C16H20N2S/c1-11(2)16(15-7-4-8-19-15)18-9-12-5-3-6-14(17)13(12)10-18/h3-8,11,16H,9-10,17H2,1-2H3. The molecule has 0 bridgehead atoms. The summed E-state index contributed by atoms with van der Waals surface area (Å²) >= 11 is 1.86. The first-order valence-electron chi connectivity index (χ1n) is 6.80. The van der Waals surface area contributed by atoms with Crippen molar-refractivity contribution >= 4 is 17.0 Å². The smallest absolute Gasteiger partial charge is 0.0471 e. The van der Waals surface area contributed by atoms with Gasteiger partial charge >= 0.3 is 0 Å². The number of rotatable bonds is 3. The van der Waals surface area contributed by atoms with Crippen LogP contribution in [0.5, 0.6) is 0 Å². The van der Waals surface area contributed by atoms with E-state index in [1.165, 1.54) is 16.0 Å². The van der Waals surface area contributed by atoms with Crippen molar-refractivity contribution in [2.75, 3.05) is 5.73 Å². The van der Waals surface area contributed by atoms with Crippen LogP contribution in [0.15, 0.2) is 35.7 Å². The molecule has 2 heterocycles. The number of hydrogen-bond acceptors (Lipinski definition) is 3. The van der Waals surface area contributed by atoms with Crippen molar-refractivity contribution in [1.82, 2.24) is 4.90 Å². The number of anilines is 1. The highest BCUT2D eigenvalue weighted by Crippen LogP contribution is 2.38. The van der Waals surface area contributed by atoms with Gasteiger partial charge in [0, 0.05) is 29.7 Å². The molecular formula is C16H20N2S. The quantitative estimate of drug-likeness (QED) is 0.854. The zero-order valence-electron chi connectivity index (χ0n) is 11.5.